The van der Waals surface area contributed by atoms with Crippen LogP contribution in [0.4, 0.5) is 20.1 Å². The third kappa shape index (κ3) is 18.4. The van der Waals surface area contributed by atoms with E-state index in [1.807, 2.05) is 0 Å². The van der Waals surface area contributed by atoms with Crippen molar-refractivity contribution in [3.63, 3.8) is 0 Å². The first-order valence-electron chi connectivity index (χ1n) is 16.6. The number of esters is 3. The summed E-state index contributed by atoms with van der Waals surface area (Å²) in [5.74, 6) is -2.42. The lowest BCUT2D eigenvalue weighted by molar-refractivity contribution is -0.164. The fraction of sp³-hybridized carbons (Fsp3) is 0.486. The number of guanidine groups is 1. The Balaban J connectivity index is 2.10. The Morgan fingerprint density at radius 2 is 1.00 bits per heavy atom. The van der Waals surface area contributed by atoms with Gasteiger partial charge >= 0.3 is 36.2 Å². The van der Waals surface area contributed by atoms with Gasteiger partial charge in [0.1, 0.15) is 39.9 Å². The number of aliphatic imine (C=N–C) groups is 1. The maximum Gasteiger partial charge on any atom is 0.414 e. The minimum atomic E-state index is -1.39. The van der Waals surface area contributed by atoms with Crippen LogP contribution in [-0.4, -0.2) is 70.6 Å². The molecule has 0 spiro atoms. The topological polar surface area (TPSA) is 206 Å². The van der Waals surface area contributed by atoms with Gasteiger partial charge in [-0.2, -0.15) is 0 Å². The molecule has 16 heteroatoms. The first kappa shape index (κ1) is 43.5. The van der Waals surface area contributed by atoms with Crippen LogP contribution in [0.1, 0.15) is 99.9 Å². The van der Waals surface area contributed by atoms with Crippen LogP contribution in [0.25, 0.3) is 0 Å². The molecule has 3 amide bonds. The van der Waals surface area contributed by atoms with E-state index in [0.717, 1.165) is 0 Å². The third-order valence-electron chi connectivity index (χ3n) is 5.60. The summed E-state index contributed by atoms with van der Waals surface area (Å²) < 4.78 is 31.8. The van der Waals surface area contributed by atoms with Gasteiger partial charge in [-0.15, -0.1) is 0 Å². The molecule has 2 aromatic carbocycles. The number of nitrogens with one attached hydrogen (secondary N) is 3. The van der Waals surface area contributed by atoms with Crippen LogP contribution in [0.3, 0.4) is 0 Å². The lowest BCUT2D eigenvalue weighted by Gasteiger charge is -2.25. The van der Waals surface area contributed by atoms with E-state index in [1.165, 1.54) is 48.5 Å². The predicted molar refractivity (Wildman–Crippen MR) is 193 cm³/mol. The second kappa shape index (κ2) is 17.7. The van der Waals surface area contributed by atoms with Crippen molar-refractivity contribution in [2.24, 2.45) is 4.99 Å². The van der Waals surface area contributed by atoms with Crippen molar-refractivity contribution in [2.45, 2.75) is 118 Å². The van der Waals surface area contributed by atoms with Crippen LogP contribution in [0.15, 0.2) is 53.5 Å². The van der Waals surface area contributed by atoms with Crippen molar-refractivity contribution in [3.05, 3.63) is 54.1 Å². The summed E-state index contributed by atoms with van der Waals surface area (Å²) in [6.45, 7) is 20.0. The molecule has 0 aliphatic carbocycles. The number of ether oxygens (including phenoxy) is 6. The molecule has 16 nitrogen and oxygen atoms in total. The summed E-state index contributed by atoms with van der Waals surface area (Å²) >= 11 is 0. The monoisotopic (exact) mass is 742 g/mol. The van der Waals surface area contributed by atoms with Gasteiger partial charge in [0, 0.05) is 0 Å². The summed E-state index contributed by atoms with van der Waals surface area (Å²) in [6.07, 6.45) is -3.26. The highest BCUT2D eigenvalue weighted by Crippen LogP contribution is 2.21. The largest absolute Gasteiger partial charge is 0.460 e. The van der Waals surface area contributed by atoms with E-state index < -0.39 is 71.1 Å². The van der Waals surface area contributed by atoms with Crippen LogP contribution in [0.5, 0.6) is 11.5 Å². The molecule has 3 N–H and O–H groups in total. The highest BCUT2D eigenvalue weighted by Gasteiger charge is 2.31. The van der Waals surface area contributed by atoms with E-state index in [0.29, 0.717) is 0 Å². The average molecular weight is 743 g/mol. The number of hydrogen-bond acceptors (Lipinski definition) is 13. The van der Waals surface area contributed by atoms with Gasteiger partial charge in [-0.05, 0) is 132 Å². The molecule has 0 saturated heterocycles. The molecular formula is C37H50N4O12. The molecule has 0 bridgehead atoms. The Labute approximate surface area is 309 Å². The molecule has 0 heterocycles. The molecule has 2 aromatic rings. The summed E-state index contributed by atoms with van der Waals surface area (Å²) in [5.41, 5.74) is -2.94. The van der Waals surface area contributed by atoms with Crippen molar-refractivity contribution in [1.82, 2.24) is 16.0 Å². The molecule has 0 unspecified atom stereocenters. The zero-order valence-electron chi connectivity index (χ0n) is 32.2. The standard InChI is InChI=1S/C37H50N4O12/c1-34(2,3)50-27(42)21-26(29(44)51-35(4,5)6)39-31(45)49-25-19-17-24(18-20-25)48-28(43)22-13-15-23(16-14-22)38-30(40-32(46)52-36(7,8)9)41-33(47)53-37(10,11)12/h13-20,26H,21H2,1-12H3,(H,39,45)(H2,38,40,41,46,47)/t26-/m0/s1. The summed E-state index contributed by atoms with van der Waals surface area (Å²) in [7, 11) is 0. The fourth-order valence-electron chi connectivity index (χ4n) is 3.83. The second-order valence-electron chi connectivity index (χ2n) is 15.5. The molecule has 1 atom stereocenters. The number of amides is 3. The Bertz CT molecular complexity index is 1630. The second-order valence-corrected chi connectivity index (χ2v) is 15.5. The van der Waals surface area contributed by atoms with Gasteiger partial charge in [-0.1, -0.05) is 0 Å². The Morgan fingerprint density at radius 3 is 1.43 bits per heavy atom. The quantitative estimate of drug-likeness (QED) is 0.0874. The number of alkyl carbamates (subject to hydrolysis) is 2. The summed E-state index contributed by atoms with van der Waals surface area (Å²) in [5, 5.41) is 7.09. The zero-order valence-corrected chi connectivity index (χ0v) is 32.2. The minimum Gasteiger partial charge on any atom is -0.460 e. The van der Waals surface area contributed by atoms with Gasteiger partial charge in [0.15, 0.2) is 0 Å². The van der Waals surface area contributed by atoms with Gasteiger partial charge in [0.05, 0.1) is 17.7 Å². The molecule has 0 saturated carbocycles. The van der Waals surface area contributed by atoms with E-state index in [-0.39, 0.29) is 28.7 Å². The first-order chi connectivity index (χ1) is 24.2. The van der Waals surface area contributed by atoms with Gasteiger partial charge in [0.2, 0.25) is 5.96 Å². The van der Waals surface area contributed by atoms with Crippen molar-refractivity contribution in [3.8, 4) is 11.5 Å². The molecule has 0 radical (unpaired) electrons. The number of carbonyl (C=O) groups is 6. The highest BCUT2D eigenvalue weighted by atomic mass is 16.6. The van der Waals surface area contributed by atoms with E-state index >= 15 is 0 Å². The van der Waals surface area contributed by atoms with Crippen LogP contribution >= 0.6 is 0 Å². The third-order valence-corrected chi connectivity index (χ3v) is 5.60. The predicted octanol–water partition coefficient (Wildman–Crippen LogP) is 6.47. The van der Waals surface area contributed by atoms with Gasteiger partial charge in [-0.25, -0.2) is 29.0 Å². The van der Waals surface area contributed by atoms with E-state index in [4.69, 9.17) is 28.4 Å². The molecular weight excluding hydrogens is 692 g/mol. The highest BCUT2D eigenvalue weighted by molar-refractivity contribution is 6.02. The van der Waals surface area contributed by atoms with E-state index in [2.05, 4.69) is 20.9 Å². The van der Waals surface area contributed by atoms with Gasteiger partial charge in [-0.3, -0.25) is 15.4 Å². The maximum atomic E-state index is 12.8. The molecule has 2 rings (SSSR count). The number of hydrogen-bond donors (Lipinski definition) is 3. The molecule has 0 aromatic heterocycles. The van der Waals surface area contributed by atoms with Crippen molar-refractivity contribution in [2.75, 3.05) is 0 Å². The van der Waals surface area contributed by atoms with Crippen LogP contribution < -0.4 is 25.4 Å². The number of rotatable bonds is 8. The summed E-state index contributed by atoms with van der Waals surface area (Å²) in [6, 6.07) is 9.81. The van der Waals surface area contributed by atoms with Crippen molar-refractivity contribution < 1.29 is 57.2 Å². The normalized spacial score (nSPS) is 12.2. The lowest BCUT2D eigenvalue weighted by atomic mass is 10.1. The molecule has 290 valence electrons. The van der Waals surface area contributed by atoms with Gasteiger partial charge < -0.3 is 33.7 Å². The smallest absolute Gasteiger partial charge is 0.414 e. The minimum absolute atomic E-state index is 0.0421. The first-order valence-corrected chi connectivity index (χ1v) is 16.6. The summed E-state index contributed by atoms with van der Waals surface area (Å²) in [4.78, 5) is 79.6. The maximum absolute atomic E-state index is 12.8. The van der Waals surface area contributed by atoms with Crippen LogP contribution in [-0.2, 0) is 28.5 Å². The van der Waals surface area contributed by atoms with Crippen molar-refractivity contribution in [1.29, 1.82) is 0 Å². The lowest BCUT2D eigenvalue weighted by Crippen LogP contribution is -2.47. The Hall–Kier alpha value is -5.67. The molecule has 0 fully saturated rings. The number of benzene rings is 2. The molecule has 0 aliphatic heterocycles. The van der Waals surface area contributed by atoms with E-state index in [9.17, 15) is 28.8 Å². The number of nitrogens with zero attached hydrogens (tertiary/aromatic N) is 1. The van der Waals surface area contributed by atoms with Crippen molar-refractivity contribution >= 4 is 47.8 Å². The van der Waals surface area contributed by atoms with E-state index in [1.54, 1.807) is 83.1 Å². The zero-order chi connectivity index (χ0) is 40.4. The van der Waals surface area contributed by atoms with Crippen LogP contribution in [0, 0.1) is 0 Å². The molecule has 53 heavy (non-hydrogen) atoms. The average Bonchev–Trinajstić information content (AvgIpc) is 2.94. The number of carbonyl (C=O) groups excluding carboxylic acids is 6. The SMILES string of the molecule is CC(C)(C)OC(=O)C[C@H](NC(=O)Oc1ccc(OC(=O)c2ccc(N=C(NC(=O)OC(C)(C)C)NC(=O)OC(C)(C)C)cc2)cc1)C(=O)OC(C)(C)C. The van der Waals surface area contributed by atoms with Gasteiger partial charge in [0.25, 0.3) is 0 Å². The Kier molecular flexibility index (Phi) is 14.5. The fourth-order valence-corrected chi connectivity index (χ4v) is 3.83. The molecule has 0 aliphatic rings. The Morgan fingerprint density at radius 1 is 0.566 bits per heavy atom. The van der Waals surface area contributed by atoms with Crippen LogP contribution in [0.2, 0.25) is 0 Å².